The highest BCUT2D eigenvalue weighted by atomic mass is 35.5. The van der Waals surface area contributed by atoms with Gasteiger partial charge in [-0.1, -0.05) is 83.9 Å². The lowest BCUT2D eigenvalue weighted by Gasteiger charge is -2.08. The Labute approximate surface area is 223 Å². The molecule has 2 heterocycles. The highest BCUT2D eigenvalue weighted by Gasteiger charge is 2.09. The smallest absolute Gasteiger partial charge is 0.135 e. The number of para-hydroxylation sites is 1. The topological polar surface area (TPSA) is 26.0 Å². The van der Waals surface area contributed by atoms with Crippen molar-refractivity contribution in [2.45, 2.75) is 0 Å². The Balaban J connectivity index is 1.21. The third-order valence-corrected chi connectivity index (χ3v) is 7.24. The lowest BCUT2D eigenvalue weighted by Crippen LogP contribution is -1.86. The van der Waals surface area contributed by atoms with E-state index in [0.29, 0.717) is 10.0 Å². The molecule has 0 unspecified atom stereocenters. The van der Waals surface area contributed by atoms with Crippen LogP contribution in [0.25, 0.3) is 66.2 Å². The van der Waals surface area contributed by atoms with Gasteiger partial charge in [0.15, 0.2) is 0 Å². The van der Waals surface area contributed by atoms with Gasteiger partial charge in [-0.05, 0) is 76.3 Å². The molecule has 2 nitrogen and oxygen atoms in total. The van der Waals surface area contributed by atoms with Crippen molar-refractivity contribution in [3.05, 3.63) is 125 Å². The second kappa shape index (κ2) is 8.77. The summed E-state index contributed by atoms with van der Waals surface area (Å²) in [6.07, 6.45) is 1.93. The van der Waals surface area contributed by atoms with Gasteiger partial charge in [-0.15, -0.1) is 0 Å². The van der Waals surface area contributed by atoms with Gasteiger partial charge in [0.25, 0.3) is 0 Å². The van der Waals surface area contributed by atoms with E-state index in [1.54, 1.807) is 6.07 Å². The summed E-state index contributed by atoms with van der Waals surface area (Å²) in [6, 6.07) is 37.1. The molecule has 176 valence electrons. The second-order valence-corrected chi connectivity index (χ2v) is 10.0. The Kier molecular flexibility index (Phi) is 5.24. The maximum absolute atomic E-state index is 6.20. The number of halogens is 2. The van der Waals surface area contributed by atoms with E-state index in [1.165, 1.54) is 0 Å². The number of pyridine rings is 1. The SMILES string of the molecule is Clc1cc(Cl)cc(-c2ccc3cc(-c4ccc(-c5ccc6oc7ccccc7c6c5)cc4)cnc3c2)c1. The molecule has 7 rings (SSSR count). The third-order valence-electron chi connectivity index (χ3n) is 6.81. The molecule has 0 saturated heterocycles. The fourth-order valence-electron chi connectivity index (χ4n) is 4.94. The average Bonchev–Trinajstić information content (AvgIpc) is 3.30. The first-order valence-corrected chi connectivity index (χ1v) is 12.7. The lowest BCUT2D eigenvalue weighted by molar-refractivity contribution is 0.669. The molecule has 0 bridgehead atoms. The highest BCUT2D eigenvalue weighted by molar-refractivity contribution is 6.35. The molecule has 0 aliphatic heterocycles. The molecule has 0 fully saturated rings. The summed E-state index contributed by atoms with van der Waals surface area (Å²) >= 11 is 12.4. The van der Waals surface area contributed by atoms with E-state index in [4.69, 9.17) is 32.6 Å². The maximum atomic E-state index is 6.20. The molecule has 0 aliphatic rings. The monoisotopic (exact) mass is 515 g/mol. The summed E-state index contributed by atoms with van der Waals surface area (Å²) in [5.74, 6) is 0. The van der Waals surface area contributed by atoms with E-state index in [-0.39, 0.29) is 0 Å². The Morgan fingerprint density at radius 2 is 1.14 bits per heavy atom. The number of hydrogen-bond acceptors (Lipinski definition) is 2. The number of fused-ring (bicyclic) bond motifs is 4. The predicted molar refractivity (Wildman–Crippen MR) is 155 cm³/mol. The molecule has 7 aromatic rings. The summed E-state index contributed by atoms with van der Waals surface area (Å²) in [6.45, 7) is 0. The Morgan fingerprint density at radius 3 is 1.95 bits per heavy atom. The van der Waals surface area contributed by atoms with Crippen LogP contribution in [0.1, 0.15) is 0 Å². The zero-order chi connectivity index (χ0) is 24.9. The van der Waals surface area contributed by atoms with Crippen molar-refractivity contribution in [2.24, 2.45) is 0 Å². The highest BCUT2D eigenvalue weighted by Crippen LogP contribution is 2.34. The van der Waals surface area contributed by atoms with Crippen LogP contribution in [0.3, 0.4) is 0 Å². The van der Waals surface area contributed by atoms with Crippen molar-refractivity contribution in [3.63, 3.8) is 0 Å². The molecule has 0 atom stereocenters. The molecular weight excluding hydrogens is 497 g/mol. The number of furan rings is 1. The minimum atomic E-state index is 0.618. The van der Waals surface area contributed by atoms with E-state index >= 15 is 0 Å². The molecule has 4 heteroatoms. The van der Waals surface area contributed by atoms with Crippen LogP contribution in [0, 0.1) is 0 Å². The van der Waals surface area contributed by atoms with E-state index in [2.05, 4.69) is 72.8 Å². The average molecular weight is 516 g/mol. The summed E-state index contributed by atoms with van der Waals surface area (Å²) in [5, 5.41) is 4.59. The summed E-state index contributed by atoms with van der Waals surface area (Å²) in [4.78, 5) is 4.75. The Hall–Kier alpha value is -4.11. The minimum Gasteiger partial charge on any atom is -0.456 e. The summed E-state index contributed by atoms with van der Waals surface area (Å²) in [7, 11) is 0. The molecule has 0 radical (unpaired) electrons. The van der Waals surface area contributed by atoms with Gasteiger partial charge >= 0.3 is 0 Å². The maximum Gasteiger partial charge on any atom is 0.135 e. The normalized spacial score (nSPS) is 11.5. The first-order chi connectivity index (χ1) is 18.1. The van der Waals surface area contributed by atoms with Crippen molar-refractivity contribution in [1.29, 1.82) is 0 Å². The number of rotatable bonds is 3. The largest absolute Gasteiger partial charge is 0.456 e. The van der Waals surface area contributed by atoms with Crippen molar-refractivity contribution < 1.29 is 4.42 Å². The number of aromatic nitrogens is 1. The molecule has 0 saturated carbocycles. The van der Waals surface area contributed by atoms with Gasteiger partial charge in [-0.3, -0.25) is 4.98 Å². The van der Waals surface area contributed by atoms with Crippen molar-refractivity contribution >= 4 is 56.0 Å². The number of nitrogens with zero attached hydrogens (tertiary/aromatic N) is 1. The third kappa shape index (κ3) is 4.05. The van der Waals surface area contributed by atoms with Crippen LogP contribution in [0.4, 0.5) is 0 Å². The molecule has 0 spiro atoms. The standard InChI is InChI=1S/C33H19Cl2NO/c34-27-14-25(15-28(35)18-27)23-9-10-24-13-26(19-36-31(24)17-23)21-7-5-20(6-8-21)22-11-12-33-30(16-22)29-3-1-2-4-32(29)37-33/h1-19H. The van der Waals surface area contributed by atoms with Crippen LogP contribution in [0.2, 0.25) is 10.0 Å². The van der Waals surface area contributed by atoms with Gasteiger partial charge in [0.2, 0.25) is 0 Å². The van der Waals surface area contributed by atoms with Crippen molar-refractivity contribution in [1.82, 2.24) is 4.98 Å². The van der Waals surface area contributed by atoms with Crippen molar-refractivity contribution in [3.8, 4) is 33.4 Å². The van der Waals surface area contributed by atoms with E-state index in [9.17, 15) is 0 Å². The van der Waals surface area contributed by atoms with Crippen LogP contribution in [0.15, 0.2) is 120 Å². The lowest BCUT2D eigenvalue weighted by atomic mass is 9.98. The van der Waals surface area contributed by atoms with Crippen LogP contribution in [-0.4, -0.2) is 4.98 Å². The van der Waals surface area contributed by atoms with E-state index in [1.807, 2.05) is 36.5 Å². The zero-order valence-electron chi connectivity index (χ0n) is 19.6. The van der Waals surface area contributed by atoms with Crippen LogP contribution in [-0.2, 0) is 0 Å². The zero-order valence-corrected chi connectivity index (χ0v) is 21.1. The molecule has 5 aromatic carbocycles. The Bertz CT molecular complexity index is 1930. The Morgan fingerprint density at radius 1 is 0.486 bits per heavy atom. The molecular formula is C33H19Cl2NO. The van der Waals surface area contributed by atoms with Gasteiger partial charge in [0.05, 0.1) is 5.52 Å². The molecule has 37 heavy (non-hydrogen) atoms. The molecule has 0 amide bonds. The molecule has 0 aliphatic carbocycles. The van der Waals surface area contributed by atoms with Gasteiger partial charge in [0, 0.05) is 38.0 Å². The van der Waals surface area contributed by atoms with Crippen LogP contribution in [0.5, 0.6) is 0 Å². The van der Waals surface area contributed by atoms with Gasteiger partial charge in [0.1, 0.15) is 11.2 Å². The van der Waals surface area contributed by atoms with Crippen LogP contribution < -0.4 is 0 Å². The van der Waals surface area contributed by atoms with Gasteiger partial charge < -0.3 is 4.42 Å². The van der Waals surface area contributed by atoms with Gasteiger partial charge in [-0.2, -0.15) is 0 Å². The molecule has 2 aromatic heterocycles. The number of hydrogen-bond donors (Lipinski definition) is 0. The molecule has 0 N–H and O–H groups in total. The minimum absolute atomic E-state index is 0.618. The fraction of sp³-hybridized carbons (Fsp3) is 0. The van der Waals surface area contributed by atoms with E-state index < -0.39 is 0 Å². The van der Waals surface area contributed by atoms with Crippen LogP contribution >= 0.6 is 23.2 Å². The summed E-state index contributed by atoms with van der Waals surface area (Å²) in [5.41, 5.74) is 9.28. The summed E-state index contributed by atoms with van der Waals surface area (Å²) < 4.78 is 5.98. The first kappa shape index (κ1) is 22.1. The second-order valence-electron chi connectivity index (χ2n) is 9.18. The predicted octanol–water partition coefficient (Wildman–Crippen LogP) is 10.4. The quantitative estimate of drug-likeness (QED) is 0.234. The van der Waals surface area contributed by atoms with Crippen molar-refractivity contribution in [2.75, 3.05) is 0 Å². The fourth-order valence-corrected chi connectivity index (χ4v) is 5.47. The van der Waals surface area contributed by atoms with Gasteiger partial charge in [-0.25, -0.2) is 0 Å². The van der Waals surface area contributed by atoms with E-state index in [0.717, 1.165) is 66.2 Å². The number of benzene rings is 5. The first-order valence-electron chi connectivity index (χ1n) is 12.0.